The van der Waals surface area contributed by atoms with Crippen molar-refractivity contribution in [3.05, 3.63) is 62.1 Å². The summed E-state index contributed by atoms with van der Waals surface area (Å²) in [5, 5.41) is 1.19. The van der Waals surface area contributed by atoms with E-state index >= 15 is 0 Å². The third-order valence-corrected chi connectivity index (χ3v) is 6.73. The average Bonchev–Trinajstić information content (AvgIpc) is 2.96. The minimum atomic E-state index is -0.696. The van der Waals surface area contributed by atoms with Crippen molar-refractivity contribution in [1.82, 2.24) is 8.61 Å². The SMILES string of the molecule is CSN1C(=O)C(=C2c3cc(Cl)ccc3-c3c(Cl)cc(Cl)cc32)C(=O)N(SC)C1=O. The fraction of sp³-hybridized carbons (Fsp3) is 0.105. The van der Waals surface area contributed by atoms with Crippen LogP contribution in [0.3, 0.4) is 0 Å². The van der Waals surface area contributed by atoms with Gasteiger partial charge >= 0.3 is 6.03 Å². The van der Waals surface area contributed by atoms with Gasteiger partial charge in [-0.05, 0) is 64.9 Å². The molecule has 0 atom stereocenters. The van der Waals surface area contributed by atoms with Crippen LogP contribution < -0.4 is 0 Å². The van der Waals surface area contributed by atoms with E-state index in [1.165, 1.54) is 0 Å². The number of halogens is 3. The lowest BCUT2D eigenvalue weighted by Gasteiger charge is -2.31. The molecule has 1 fully saturated rings. The van der Waals surface area contributed by atoms with Crippen LogP contribution in [0.1, 0.15) is 11.1 Å². The molecule has 0 saturated carbocycles. The highest BCUT2D eigenvalue weighted by atomic mass is 35.5. The number of rotatable bonds is 2. The normalized spacial score (nSPS) is 16.0. The van der Waals surface area contributed by atoms with Crippen molar-refractivity contribution >= 4 is 82.1 Å². The first-order chi connectivity index (χ1) is 13.8. The molecule has 0 unspecified atom stereocenters. The zero-order valence-corrected chi connectivity index (χ0v) is 18.9. The molecule has 29 heavy (non-hydrogen) atoms. The van der Waals surface area contributed by atoms with Gasteiger partial charge in [-0.25, -0.2) is 4.79 Å². The zero-order chi connectivity index (χ0) is 21.0. The zero-order valence-electron chi connectivity index (χ0n) is 15.0. The fourth-order valence-corrected chi connectivity index (χ4v) is 5.30. The molecule has 0 bridgehead atoms. The Hall–Kier alpha value is -1.64. The summed E-state index contributed by atoms with van der Waals surface area (Å²) in [6.45, 7) is 0. The molecule has 2 aromatic rings. The van der Waals surface area contributed by atoms with Crippen LogP contribution in [0.4, 0.5) is 4.79 Å². The van der Waals surface area contributed by atoms with E-state index in [0.29, 0.717) is 37.3 Å². The van der Waals surface area contributed by atoms with Crippen molar-refractivity contribution in [2.24, 2.45) is 0 Å². The number of barbiturate groups is 1. The van der Waals surface area contributed by atoms with Crippen LogP contribution in [0.5, 0.6) is 0 Å². The van der Waals surface area contributed by atoms with Gasteiger partial charge in [-0.1, -0.05) is 40.9 Å². The lowest BCUT2D eigenvalue weighted by Crippen LogP contribution is -2.50. The molecule has 0 radical (unpaired) electrons. The number of hydrogen-bond donors (Lipinski definition) is 0. The number of nitrogens with zero attached hydrogens (tertiary/aromatic N) is 2. The van der Waals surface area contributed by atoms with Crippen LogP contribution in [0.25, 0.3) is 16.7 Å². The molecule has 2 aliphatic rings. The molecular weight excluding hydrogens is 475 g/mol. The second-order valence-corrected chi connectivity index (χ2v) is 8.84. The first kappa shape index (κ1) is 20.6. The van der Waals surface area contributed by atoms with Crippen LogP contribution >= 0.6 is 58.7 Å². The average molecular weight is 486 g/mol. The number of carbonyl (C=O) groups excluding carboxylic acids is 3. The predicted octanol–water partition coefficient (Wildman–Crippen LogP) is 5.78. The summed E-state index contributed by atoms with van der Waals surface area (Å²) >= 11 is 20.8. The minimum absolute atomic E-state index is 0.131. The van der Waals surface area contributed by atoms with E-state index in [-0.39, 0.29) is 5.57 Å². The Labute approximate surface area is 190 Å². The number of fused-ring (bicyclic) bond motifs is 3. The van der Waals surface area contributed by atoms with Gasteiger partial charge in [0.1, 0.15) is 5.57 Å². The van der Waals surface area contributed by atoms with Crippen molar-refractivity contribution in [3.8, 4) is 11.1 Å². The molecule has 1 heterocycles. The van der Waals surface area contributed by atoms with Gasteiger partial charge in [0, 0.05) is 33.7 Å². The molecule has 0 aromatic heterocycles. The van der Waals surface area contributed by atoms with E-state index in [9.17, 15) is 14.4 Å². The Morgan fingerprint density at radius 2 is 1.31 bits per heavy atom. The molecule has 10 heteroatoms. The van der Waals surface area contributed by atoms with E-state index in [4.69, 9.17) is 34.8 Å². The molecule has 148 valence electrons. The Bertz CT molecular complexity index is 1120. The predicted molar refractivity (Wildman–Crippen MR) is 119 cm³/mol. The van der Waals surface area contributed by atoms with E-state index in [1.54, 1.807) is 42.8 Å². The number of benzene rings is 2. The number of urea groups is 1. The third-order valence-electron chi connectivity index (χ3n) is 4.60. The van der Waals surface area contributed by atoms with Gasteiger partial charge in [-0.3, -0.25) is 9.59 Å². The van der Waals surface area contributed by atoms with Gasteiger partial charge in [0.15, 0.2) is 0 Å². The summed E-state index contributed by atoms with van der Waals surface area (Å²) in [6, 6.07) is 7.73. The highest BCUT2D eigenvalue weighted by Gasteiger charge is 2.46. The summed E-state index contributed by atoms with van der Waals surface area (Å²) in [7, 11) is 0. The highest BCUT2D eigenvalue weighted by Crippen LogP contribution is 2.51. The van der Waals surface area contributed by atoms with Crippen molar-refractivity contribution in [2.45, 2.75) is 0 Å². The summed E-state index contributed by atoms with van der Waals surface area (Å²) in [5.41, 5.74) is 2.76. The first-order valence-corrected chi connectivity index (χ1v) is 11.6. The van der Waals surface area contributed by atoms with Gasteiger partial charge < -0.3 is 0 Å². The summed E-state index contributed by atoms with van der Waals surface area (Å²) in [5.74, 6) is -1.38. The Morgan fingerprint density at radius 3 is 1.90 bits per heavy atom. The Kier molecular flexibility index (Phi) is 5.38. The largest absolute Gasteiger partial charge is 0.354 e. The molecular formula is C19H11Cl3N2O3S2. The molecule has 0 spiro atoms. The van der Waals surface area contributed by atoms with Gasteiger partial charge in [-0.2, -0.15) is 8.61 Å². The van der Waals surface area contributed by atoms with Crippen LogP contribution in [0.15, 0.2) is 35.9 Å². The van der Waals surface area contributed by atoms with Crippen molar-refractivity contribution in [2.75, 3.05) is 12.5 Å². The molecule has 1 aliphatic carbocycles. The molecule has 1 aliphatic heterocycles. The molecule has 1 saturated heterocycles. The van der Waals surface area contributed by atoms with Crippen LogP contribution in [-0.2, 0) is 9.59 Å². The van der Waals surface area contributed by atoms with Crippen LogP contribution in [-0.4, -0.2) is 39.0 Å². The van der Waals surface area contributed by atoms with E-state index < -0.39 is 17.8 Å². The van der Waals surface area contributed by atoms with Crippen LogP contribution in [0, 0.1) is 0 Å². The van der Waals surface area contributed by atoms with E-state index in [0.717, 1.165) is 38.1 Å². The number of hydrogen-bond acceptors (Lipinski definition) is 5. The maximum atomic E-state index is 13.2. The van der Waals surface area contributed by atoms with Crippen molar-refractivity contribution < 1.29 is 14.4 Å². The molecule has 5 nitrogen and oxygen atoms in total. The lowest BCUT2D eigenvalue weighted by molar-refractivity contribution is -0.129. The Morgan fingerprint density at radius 1 is 0.724 bits per heavy atom. The molecule has 0 N–H and O–H groups in total. The number of imide groups is 2. The first-order valence-electron chi connectivity index (χ1n) is 8.15. The number of amides is 4. The maximum absolute atomic E-state index is 13.2. The smallest absolute Gasteiger partial charge is 0.267 e. The molecule has 2 aromatic carbocycles. The van der Waals surface area contributed by atoms with Gasteiger partial charge in [-0.15, -0.1) is 0 Å². The number of carbonyl (C=O) groups is 3. The third kappa shape index (κ3) is 3.07. The van der Waals surface area contributed by atoms with E-state index in [1.807, 2.05) is 0 Å². The quantitative estimate of drug-likeness (QED) is 0.262. The Balaban J connectivity index is 2.12. The molecule has 4 amide bonds. The van der Waals surface area contributed by atoms with Gasteiger partial charge in [0.25, 0.3) is 11.8 Å². The van der Waals surface area contributed by atoms with Crippen LogP contribution in [0.2, 0.25) is 15.1 Å². The second-order valence-electron chi connectivity index (χ2n) is 6.10. The molecule has 4 rings (SSSR count). The highest BCUT2D eigenvalue weighted by molar-refractivity contribution is 7.98. The van der Waals surface area contributed by atoms with Gasteiger partial charge in [0.2, 0.25) is 0 Å². The van der Waals surface area contributed by atoms with Crippen molar-refractivity contribution in [3.63, 3.8) is 0 Å². The minimum Gasteiger partial charge on any atom is -0.267 e. The topological polar surface area (TPSA) is 57.7 Å². The monoisotopic (exact) mass is 484 g/mol. The lowest BCUT2D eigenvalue weighted by atomic mass is 9.96. The standard InChI is InChI=1S/C19H11Cl3N2O3S2/c1-28-23-17(25)16(18(26)24(29-2)19(23)27)15-11-5-8(20)3-4-10(11)14-12(15)6-9(21)7-13(14)22/h3-7H,1-2H3. The fourth-order valence-electron chi connectivity index (χ4n) is 3.49. The van der Waals surface area contributed by atoms with Crippen molar-refractivity contribution in [1.29, 1.82) is 0 Å². The summed E-state index contributed by atoms with van der Waals surface area (Å²) in [6.07, 6.45) is 3.18. The second kappa shape index (κ2) is 7.56. The summed E-state index contributed by atoms with van der Waals surface area (Å²) < 4.78 is 1.91. The van der Waals surface area contributed by atoms with Gasteiger partial charge in [0.05, 0.1) is 5.02 Å². The maximum Gasteiger partial charge on any atom is 0.354 e. The summed E-state index contributed by atoms with van der Waals surface area (Å²) in [4.78, 5) is 38.8. The van der Waals surface area contributed by atoms with E-state index in [2.05, 4.69) is 0 Å².